The fraction of sp³-hybridized carbons (Fsp3) is 0. The van der Waals surface area contributed by atoms with Crippen LogP contribution in [-0.2, 0) is 0 Å². The van der Waals surface area contributed by atoms with Crippen LogP contribution in [0.3, 0.4) is 0 Å². The highest BCUT2D eigenvalue weighted by atomic mass is 79.9. The lowest BCUT2D eigenvalue weighted by Crippen LogP contribution is -1.92. The SMILES string of the molecule is [2H]c1c([2H])c([2H])c2c(c1[2H])c1c(Br)c([2H])c([2H])c([2H])c1n2-c1ccccc1. The first-order valence-electron chi connectivity index (χ1n) is 9.52. The normalized spacial score (nSPS) is 16.1. The van der Waals surface area contributed by atoms with Gasteiger partial charge in [-0.3, -0.25) is 0 Å². The van der Waals surface area contributed by atoms with Gasteiger partial charge in [0.05, 0.1) is 20.6 Å². The predicted octanol–water partition coefficient (Wildman–Crippen LogP) is 5.55. The maximum Gasteiger partial charge on any atom is 0.0645 e. The standard InChI is InChI=1S/C18H12BrN/c19-15-10-6-12-17-18(15)14-9-4-5-11-16(14)20(17)13-7-2-1-3-8-13/h1-12H/i4D,5D,6D,9D,10D,11D,12D. The average molecular weight is 329 g/mol. The summed E-state index contributed by atoms with van der Waals surface area (Å²) in [6.07, 6.45) is 0. The summed E-state index contributed by atoms with van der Waals surface area (Å²) in [7, 11) is 0. The molecule has 1 aromatic heterocycles. The molecule has 2 heteroatoms. The molecule has 0 aliphatic carbocycles. The van der Waals surface area contributed by atoms with Crippen LogP contribution in [0.5, 0.6) is 0 Å². The molecular formula is C18H12BrN. The van der Waals surface area contributed by atoms with E-state index in [0.717, 1.165) is 0 Å². The number of rotatable bonds is 1. The van der Waals surface area contributed by atoms with Gasteiger partial charge in [0.25, 0.3) is 0 Å². The lowest BCUT2D eigenvalue weighted by molar-refractivity contribution is 1.18. The molecule has 0 N–H and O–H groups in total. The van der Waals surface area contributed by atoms with Crippen LogP contribution in [0.15, 0.2) is 77.1 Å². The second-order valence-electron chi connectivity index (χ2n) is 4.31. The van der Waals surface area contributed by atoms with E-state index in [1.807, 2.05) is 6.07 Å². The Bertz CT molecular complexity index is 1170. The van der Waals surface area contributed by atoms with Gasteiger partial charge >= 0.3 is 0 Å². The van der Waals surface area contributed by atoms with Crippen molar-refractivity contribution in [3.05, 3.63) is 77.1 Å². The van der Waals surface area contributed by atoms with Gasteiger partial charge in [-0.2, -0.15) is 0 Å². The topological polar surface area (TPSA) is 4.93 Å². The molecule has 0 saturated heterocycles. The number of benzene rings is 3. The fourth-order valence-electron chi connectivity index (χ4n) is 2.37. The van der Waals surface area contributed by atoms with E-state index >= 15 is 0 Å². The Labute approximate surface area is 135 Å². The summed E-state index contributed by atoms with van der Waals surface area (Å²) in [6, 6.07) is 7.08. The van der Waals surface area contributed by atoms with E-state index < -0.39 is 0 Å². The molecule has 1 heterocycles. The summed E-state index contributed by atoms with van der Waals surface area (Å²) < 4.78 is 59.3. The number of halogens is 1. The Kier molecular flexibility index (Phi) is 1.48. The lowest BCUT2D eigenvalue weighted by atomic mass is 10.2. The van der Waals surface area contributed by atoms with E-state index in [-0.39, 0.29) is 63.2 Å². The minimum Gasteiger partial charge on any atom is -0.309 e. The van der Waals surface area contributed by atoms with Crippen molar-refractivity contribution in [3.8, 4) is 5.69 Å². The van der Waals surface area contributed by atoms with Crippen molar-refractivity contribution in [3.63, 3.8) is 0 Å². The van der Waals surface area contributed by atoms with Crippen molar-refractivity contribution in [2.24, 2.45) is 0 Å². The molecule has 0 spiro atoms. The van der Waals surface area contributed by atoms with Crippen molar-refractivity contribution in [1.29, 1.82) is 0 Å². The number of hydrogen-bond acceptors (Lipinski definition) is 0. The smallest absolute Gasteiger partial charge is 0.0645 e. The monoisotopic (exact) mass is 328 g/mol. The third-order valence-corrected chi connectivity index (χ3v) is 3.78. The minimum absolute atomic E-state index is 0.188. The first kappa shape index (κ1) is 6.59. The van der Waals surface area contributed by atoms with E-state index in [4.69, 9.17) is 9.60 Å². The molecule has 4 aromatic rings. The highest BCUT2D eigenvalue weighted by molar-refractivity contribution is 9.10. The maximum atomic E-state index is 8.43. The first-order chi connectivity index (χ1) is 12.8. The molecule has 20 heavy (non-hydrogen) atoms. The van der Waals surface area contributed by atoms with Crippen LogP contribution in [-0.4, -0.2) is 4.57 Å². The summed E-state index contributed by atoms with van der Waals surface area (Å²) >= 11 is 3.32. The molecule has 0 aliphatic rings. The molecule has 0 amide bonds. The van der Waals surface area contributed by atoms with Crippen molar-refractivity contribution in [2.45, 2.75) is 0 Å². The van der Waals surface area contributed by atoms with E-state index in [2.05, 4.69) is 15.9 Å². The molecule has 4 rings (SSSR count). The second kappa shape index (κ2) is 4.50. The second-order valence-corrected chi connectivity index (χ2v) is 5.10. The Hall–Kier alpha value is -2.06. The van der Waals surface area contributed by atoms with E-state index in [0.29, 0.717) is 11.1 Å². The first-order valence-corrected chi connectivity index (χ1v) is 6.81. The molecule has 0 aliphatic heterocycles. The van der Waals surface area contributed by atoms with Crippen LogP contribution in [0.4, 0.5) is 0 Å². The van der Waals surface area contributed by atoms with E-state index in [9.17, 15) is 0 Å². The minimum atomic E-state index is -0.375. The molecule has 0 saturated carbocycles. The Morgan fingerprint density at radius 3 is 2.45 bits per heavy atom. The average Bonchev–Trinajstić information content (AvgIpc) is 3.04. The fourth-order valence-corrected chi connectivity index (χ4v) is 2.86. The molecule has 3 aromatic carbocycles. The van der Waals surface area contributed by atoms with E-state index in [1.54, 1.807) is 28.8 Å². The zero-order chi connectivity index (χ0) is 19.6. The van der Waals surface area contributed by atoms with Gasteiger partial charge in [0.15, 0.2) is 0 Å². The zero-order valence-corrected chi connectivity index (χ0v) is 11.8. The molecule has 96 valence electrons. The molecule has 0 fully saturated rings. The largest absolute Gasteiger partial charge is 0.309 e. The Balaban J connectivity index is 2.45. The number of para-hydroxylation sites is 2. The molecule has 0 unspecified atom stereocenters. The van der Waals surface area contributed by atoms with Crippen molar-refractivity contribution in [1.82, 2.24) is 4.57 Å². The maximum absolute atomic E-state index is 8.43. The van der Waals surface area contributed by atoms with Gasteiger partial charge in [-0.05, 0) is 30.3 Å². The number of nitrogens with zero attached hydrogens (tertiary/aromatic N) is 1. The van der Waals surface area contributed by atoms with Crippen LogP contribution < -0.4 is 0 Å². The van der Waals surface area contributed by atoms with Crippen LogP contribution in [0.1, 0.15) is 9.60 Å². The van der Waals surface area contributed by atoms with Gasteiger partial charge in [-0.25, -0.2) is 0 Å². The zero-order valence-electron chi connectivity index (χ0n) is 17.2. The summed E-state index contributed by atoms with van der Waals surface area (Å²) in [5.41, 5.74) is 1.11. The van der Waals surface area contributed by atoms with Gasteiger partial charge in [-0.1, -0.05) is 58.3 Å². The number of aromatic nitrogens is 1. The van der Waals surface area contributed by atoms with Crippen molar-refractivity contribution < 1.29 is 9.60 Å². The molecule has 0 bridgehead atoms. The molecule has 0 radical (unpaired) electrons. The molecular weight excluding hydrogens is 310 g/mol. The lowest BCUT2D eigenvalue weighted by Gasteiger charge is -2.07. The number of fused-ring (bicyclic) bond motifs is 3. The highest BCUT2D eigenvalue weighted by Gasteiger charge is 2.13. The quantitative estimate of drug-likeness (QED) is 0.432. The van der Waals surface area contributed by atoms with Gasteiger partial charge < -0.3 is 4.57 Å². The van der Waals surface area contributed by atoms with Crippen molar-refractivity contribution >= 4 is 37.7 Å². The number of hydrogen-bond donors (Lipinski definition) is 0. The Morgan fingerprint density at radius 1 is 0.850 bits per heavy atom. The summed E-state index contributed by atoms with van der Waals surface area (Å²) in [5.74, 6) is 0. The summed E-state index contributed by atoms with van der Waals surface area (Å²) in [5, 5.41) is 0.570. The van der Waals surface area contributed by atoms with Crippen molar-refractivity contribution in [2.75, 3.05) is 0 Å². The van der Waals surface area contributed by atoms with Crippen LogP contribution in [0, 0.1) is 0 Å². The third-order valence-electron chi connectivity index (χ3n) is 3.19. The van der Waals surface area contributed by atoms with E-state index in [1.165, 1.54) is 0 Å². The summed E-state index contributed by atoms with van der Waals surface area (Å²) in [4.78, 5) is 0. The van der Waals surface area contributed by atoms with Crippen LogP contribution >= 0.6 is 15.9 Å². The van der Waals surface area contributed by atoms with Crippen LogP contribution in [0.2, 0.25) is 0 Å². The van der Waals surface area contributed by atoms with Gasteiger partial charge in [0.2, 0.25) is 0 Å². The van der Waals surface area contributed by atoms with Gasteiger partial charge in [0.1, 0.15) is 0 Å². The molecule has 1 nitrogen and oxygen atoms in total. The highest BCUT2D eigenvalue weighted by Crippen LogP contribution is 2.35. The van der Waals surface area contributed by atoms with Gasteiger partial charge in [0, 0.05) is 20.9 Å². The predicted molar refractivity (Wildman–Crippen MR) is 88.5 cm³/mol. The Morgan fingerprint density at radius 2 is 1.60 bits per heavy atom. The van der Waals surface area contributed by atoms with Gasteiger partial charge in [-0.15, -0.1) is 0 Å². The summed E-state index contributed by atoms with van der Waals surface area (Å²) in [6.45, 7) is 0. The third kappa shape index (κ3) is 1.61. The molecule has 0 atom stereocenters. The van der Waals surface area contributed by atoms with Crippen LogP contribution in [0.25, 0.3) is 27.5 Å².